The maximum Gasteiger partial charge on any atom is 0.255 e. The number of methoxy groups -OCH3 is 1. The number of ether oxygens (including phenoxy) is 2. The SMILES string of the molecule is COc1ccc(C)cc1NC(=O)c1cccc(Oc2ccccc2)c1. The van der Waals surface area contributed by atoms with Crippen molar-refractivity contribution in [2.45, 2.75) is 6.92 Å². The lowest BCUT2D eigenvalue weighted by Gasteiger charge is -2.12. The number of amides is 1. The van der Waals surface area contributed by atoms with E-state index >= 15 is 0 Å². The van der Waals surface area contributed by atoms with E-state index < -0.39 is 0 Å². The second-order valence-corrected chi connectivity index (χ2v) is 5.60. The molecule has 3 aromatic rings. The molecule has 4 nitrogen and oxygen atoms in total. The molecule has 0 bridgehead atoms. The van der Waals surface area contributed by atoms with Crippen LogP contribution in [0.2, 0.25) is 0 Å². The normalized spacial score (nSPS) is 10.2. The molecule has 3 aromatic carbocycles. The first kappa shape index (κ1) is 16.6. The van der Waals surface area contributed by atoms with Crippen molar-refractivity contribution in [1.29, 1.82) is 0 Å². The highest BCUT2D eigenvalue weighted by Crippen LogP contribution is 2.27. The van der Waals surface area contributed by atoms with E-state index in [9.17, 15) is 4.79 Å². The number of hydrogen-bond donors (Lipinski definition) is 1. The summed E-state index contributed by atoms with van der Waals surface area (Å²) in [5.41, 5.74) is 2.19. The third-order valence-corrected chi connectivity index (χ3v) is 3.68. The number of aryl methyl sites for hydroxylation is 1. The van der Waals surface area contributed by atoms with E-state index in [2.05, 4.69) is 5.32 Å². The number of anilines is 1. The van der Waals surface area contributed by atoms with E-state index in [1.165, 1.54) is 0 Å². The Morgan fingerprint density at radius 3 is 2.40 bits per heavy atom. The summed E-state index contributed by atoms with van der Waals surface area (Å²) in [6.45, 7) is 1.96. The van der Waals surface area contributed by atoms with Gasteiger partial charge in [-0.15, -0.1) is 0 Å². The average Bonchev–Trinajstić information content (AvgIpc) is 2.63. The van der Waals surface area contributed by atoms with Crippen LogP contribution in [0.4, 0.5) is 5.69 Å². The van der Waals surface area contributed by atoms with Gasteiger partial charge in [-0.3, -0.25) is 4.79 Å². The van der Waals surface area contributed by atoms with E-state index in [1.54, 1.807) is 25.3 Å². The van der Waals surface area contributed by atoms with Gasteiger partial charge < -0.3 is 14.8 Å². The van der Waals surface area contributed by atoms with Crippen molar-refractivity contribution in [3.63, 3.8) is 0 Å². The monoisotopic (exact) mass is 333 g/mol. The minimum atomic E-state index is -0.220. The quantitative estimate of drug-likeness (QED) is 0.711. The van der Waals surface area contributed by atoms with E-state index in [1.807, 2.05) is 61.5 Å². The highest BCUT2D eigenvalue weighted by molar-refractivity contribution is 6.05. The zero-order chi connectivity index (χ0) is 17.6. The maximum absolute atomic E-state index is 12.6. The van der Waals surface area contributed by atoms with E-state index in [0.29, 0.717) is 22.7 Å². The molecule has 1 N–H and O–H groups in total. The summed E-state index contributed by atoms with van der Waals surface area (Å²) < 4.78 is 11.1. The Balaban J connectivity index is 1.79. The lowest BCUT2D eigenvalue weighted by Crippen LogP contribution is -2.12. The van der Waals surface area contributed by atoms with Gasteiger partial charge in [0.1, 0.15) is 17.2 Å². The van der Waals surface area contributed by atoms with Gasteiger partial charge in [0.2, 0.25) is 0 Å². The van der Waals surface area contributed by atoms with Crippen molar-refractivity contribution in [3.8, 4) is 17.2 Å². The number of carbonyl (C=O) groups excluding carboxylic acids is 1. The van der Waals surface area contributed by atoms with Crippen LogP contribution in [-0.2, 0) is 0 Å². The van der Waals surface area contributed by atoms with Gasteiger partial charge in [-0.25, -0.2) is 0 Å². The average molecular weight is 333 g/mol. The lowest BCUT2D eigenvalue weighted by atomic mass is 10.1. The Morgan fingerprint density at radius 1 is 0.880 bits per heavy atom. The Kier molecular flexibility index (Phi) is 5.00. The number of benzene rings is 3. The smallest absolute Gasteiger partial charge is 0.255 e. The molecule has 0 saturated heterocycles. The molecular formula is C21H19NO3. The van der Waals surface area contributed by atoms with Crippen LogP contribution in [0, 0.1) is 6.92 Å². The van der Waals surface area contributed by atoms with Crippen molar-refractivity contribution in [2.24, 2.45) is 0 Å². The van der Waals surface area contributed by atoms with Crippen LogP contribution in [0.5, 0.6) is 17.2 Å². The number of para-hydroxylation sites is 1. The number of hydrogen-bond acceptors (Lipinski definition) is 3. The van der Waals surface area contributed by atoms with E-state index in [4.69, 9.17) is 9.47 Å². The van der Waals surface area contributed by atoms with E-state index in [-0.39, 0.29) is 5.91 Å². The summed E-state index contributed by atoms with van der Waals surface area (Å²) in [4.78, 5) is 12.6. The maximum atomic E-state index is 12.6. The highest BCUT2D eigenvalue weighted by atomic mass is 16.5. The molecule has 0 fully saturated rings. The second kappa shape index (κ2) is 7.53. The Labute approximate surface area is 147 Å². The molecule has 4 heteroatoms. The summed E-state index contributed by atoms with van der Waals surface area (Å²) in [5, 5.41) is 2.89. The van der Waals surface area contributed by atoms with Crippen LogP contribution in [0.1, 0.15) is 15.9 Å². The Morgan fingerprint density at radius 2 is 1.64 bits per heavy atom. The summed E-state index contributed by atoms with van der Waals surface area (Å²) in [6.07, 6.45) is 0. The van der Waals surface area contributed by atoms with E-state index in [0.717, 1.165) is 11.3 Å². The fourth-order valence-electron chi connectivity index (χ4n) is 2.44. The van der Waals surface area contributed by atoms with Crippen LogP contribution in [0.15, 0.2) is 72.8 Å². The zero-order valence-electron chi connectivity index (χ0n) is 14.2. The molecule has 0 spiro atoms. The highest BCUT2D eigenvalue weighted by Gasteiger charge is 2.11. The fourth-order valence-corrected chi connectivity index (χ4v) is 2.44. The molecule has 0 aliphatic rings. The van der Waals surface area contributed by atoms with Crippen molar-refractivity contribution in [3.05, 3.63) is 83.9 Å². The standard InChI is InChI=1S/C21H19NO3/c1-15-11-12-20(24-2)19(13-15)22-21(23)16-7-6-10-18(14-16)25-17-8-4-3-5-9-17/h3-14H,1-2H3,(H,22,23). The fraction of sp³-hybridized carbons (Fsp3) is 0.0952. The van der Waals surface area contributed by atoms with Gasteiger partial charge in [0.05, 0.1) is 12.8 Å². The largest absolute Gasteiger partial charge is 0.495 e. The summed E-state index contributed by atoms with van der Waals surface area (Å²) >= 11 is 0. The molecule has 0 atom stereocenters. The zero-order valence-corrected chi connectivity index (χ0v) is 14.2. The van der Waals surface area contributed by atoms with Gasteiger partial charge in [-0.2, -0.15) is 0 Å². The van der Waals surface area contributed by atoms with Crippen molar-refractivity contribution in [2.75, 3.05) is 12.4 Å². The first-order valence-electron chi connectivity index (χ1n) is 7.94. The predicted octanol–water partition coefficient (Wildman–Crippen LogP) is 5.05. The molecule has 0 aromatic heterocycles. The molecule has 0 radical (unpaired) electrons. The summed E-state index contributed by atoms with van der Waals surface area (Å²) in [7, 11) is 1.58. The van der Waals surface area contributed by atoms with Crippen molar-refractivity contribution < 1.29 is 14.3 Å². The number of rotatable bonds is 5. The first-order valence-corrected chi connectivity index (χ1v) is 7.94. The van der Waals surface area contributed by atoms with Crippen LogP contribution < -0.4 is 14.8 Å². The molecule has 25 heavy (non-hydrogen) atoms. The Hall–Kier alpha value is -3.27. The van der Waals surface area contributed by atoms with Gasteiger partial charge in [-0.05, 0) is 55.0 Å². The van der Waals surface area contributed by atoms with Crippen molar-refractivity contribution >= 4 is 11.6 Å². The van der Waals surface area contributed by atoms with Gasteiger partial charge in [0, 0.05) is 5.56 Å². The molecule has 3 rings (SSSR count). The minimum Gasteiger partial charge on any atom is -0.495 e. The molecule has 0 heterocycles. The van der Waals surface area contributed by atoms with Crippen LogP contribution in [0.3, 0.4) is 0 Å². The minimum absolute atomic E-state index is 0.220. The lowest BCUT2D eigenvalue weighted by molar-refractivity contribution is 0.102. The van der Waals surface area contributed by atoms with Crippen LogP contribution >= 0.6 is 0 Å². The third kappa shape index (κ3) is 4.18. The molecule has 0 unspecified atom stereocenters. The third-order valence-electron chi connectivity index (χ3n) is 3.68. The van der Waals surface area contributed by atoms with Crippen molar-refractivity contribution in [1.82, 2.24) is 0 Å². The van der Waals surface area contributed by atoms with Gasteiger partial charge >= 0.3 is 0 Å². The molecule has 0 aliphatic heterocycles. The molecule has 0 aliphatic carbocycles. The first-order chi connectivity index (χ1) is 12.2. The van der Waals surface area contributed by atoms with Gasteiger partial charge in [0.15, 0.2) is 0 Å². The molecule has 0 saturated carbocycles. The van der Waals surface area contributed by atoms with Crippen LogP contribution in [-0.4, -0.2) is 13.0 Å². The summed E-state index contributed by atoms with van der Waals surface area (Å²) in [6, 6.07) is 22.2. The predicted molar refractivity (Wildman–Crippen MR) is 98.6 cm³/mol. The van der Waals surface area contributed by atoms with Gasteiger partial charge in [0.25, 0.3) is 5.91 Å². The number of nitrogens with one attached hydrogen (secondary N) is 1. The molecular weight excluding hydrogens is 314 g/mol. The van der Waals surface area contributed by atoms with Crippen LogP contribution in [0.25, 0.3) is 0 Å². The number of carbonyl (C=O) groups is 1. The molecule has 126 valence electrons. The summed E-state index contributed by atoms with van der Waals surface area (Å²) in [5.74, 6) is 1.73. The Bertz CT molecular complexity index is 875. The van der Waals surface area contributed by atoms with Gasteiger partial charge in [-0.1, -0.05) is 30.3 Å². The topological polar surface area (TPSA) is 47.6 Å². The molecule has 1 amide bonds. The second-order valence-electron chi connectivity index (χ2n) is 5.60.